The fourth-order valence-electron chi connectivity index (χ4n) is 3.13. The number of nitrogens with one attached hydrogen (secondary N) is 1. The van der Waals surface area contributed by atoms with Crippen LogP contribution in [0.1, 0.15) is 5.56 Å². The predicted molar refractivity (Wildman–Crippen MR) is 123 cm³/mol. The summed E-state index contributed by atoms with van der Waals surface area (Å²) in [5.74, 6) is -0.892. The second-order valence-electron chi connectivity index (χ2n) is 7.34. The number of nitro groups is 1. The summed E-state index contributed by atoms with van der Waals surface area (Å²) in [6.07, 6.45) is -4.81. The molecular weight excluding hydrogens is 467 g/mol. The Balaban J connectivity index is 1.64. The molecule has 0 amide bonds. The standard InChI is InChI=1S/C24H22F3N3O5/c25-24(26,27)35-22-12-10-20(11-13-22)29(16-23(31)34-17-18-4-2-1-3-5-18)15-14-28-19-6-8-21(9-7-19)30(32)33/h1-13,28H,14-17H2. The smallest absolute Gasteiger partial charge is 0.459 e. The van der Waals surface area contributed by atoms with Gasteiger partial charge >= 0.3 is 12.3 Å². The molecule has 0 atom stereocenters. The van der Waals surface area contributed by atoms with Crippen molar-refractivity contribution in [2.45, 2.75) is 13.0 Å². The molecule has 0 aromatic heterocycles. The van der Waals surface area contributed by atoms with E-state index >= 15 is 0 Å². The van der Waals surface area contributed by atoms with E-state index in [2.05, 4.69) is 10.1 Å². The van der Waals surface area contributed by atoms with E-state index in [1.54, 1.807) is 17.0 Å². The Hall–Kier alpha value is -4.28. The molecule has 3 aromatic rings. The molecular formula is C24H22F3N3O5. The number of carbonyl (C=O) groups excluding carboxylic acids is 1. The first-order chi connectivity index (χ1) is 16.7. The van der Waals surface area contributed by atoms with Gasteiger partial charge in [-0.3, -0.25) is 14.9 Å². The van der Waals surface area contributed by atoms with Crippen molar-refractivity contribution in [1.82, 2.24) is 0 Å². The predicted octanol–water partition coefficient (Wildman–Crippen LogP) is 5.16. The quantitative estimate of drug-likeness (QED) is 0.226. The summed E-state index contributed by atoms with van der Waals surface area (Å²) < 4.78 is 46.6. The largest absolute Gasteiger partial charge is 0.573 e. The highest BCUT2D eigenvalue weighted by molar-refractivity contribution is 5.76. The molecule has 0 spiro atoms. The molecule has 0 radical (unpaired) electrons. The van der Waals surface area contributed by atoms with Crippen LogP contribution in [0.3, 0.4) is 0 Å². The molecule has 8 nitrogen and oxygen atoms in total. The maximum Gasteiger partial charge on any atom is 0.573 e. The van der Waals surface area contributed by atoms with Crippen molar-refractivity contribution in [3.63, 3.8) is 0 Å². The number of nitro benzene ring substituents is 1. The number of nitrogens with zero attached hydrogens (tertiary/aromatic N) is 2. The van der Waals surface area contributed by atoms with E-state index in [4.69, 9.17) is 4.74 Å². The number of hydrogen-bond acceptors (Lipinski definition) is 7. The molecule has 0 unspecified atom stereocenters. The van der Waals surface area contributed by atoms with Crippen molar-refractivity contribution in [1.29, 1.82) is 0 Å². The number of hydrogen-bond donors (Lipinski definition) is 1. The first-order valence-electron chi connectivity index (χ1n) is 10.5. The maximum atomic E-state index is 12.5. The Labute approximate surface area is 199 Å². The lowest BCUT2D eigenvalue weighted by atomic mass is 10.2. The van der Waals surface area contributed by atoms with Gasteiger partial charge in [-0.05, 0) is 42.0 Å². The summed E-state index contributed by atoms with van der Waals surface area (Å²) in [6.45, 7) is 0.572. The van der Waals surface area contributed by atoms with Crippen molar-refractivity contribution in [2.75, 3.05) is 29.9 Å². The van der Waals surface area contributed by atoms with Gasteiger partial charge in [-0.1, -0.05) is 30.3 Å². The van der Waals surface area contributed by atoms with Gasteiger partial charge in [0.2, 0.25) is 0 Å². The van der Waals surface area contributed by atoms with Gasteiger partial charge in [-0.15, -0.1) is 13.2 Å². The fourth-order valence-corrected chi connectivity index (χ4v) is 3.13. The van der Waals surface area contributed by atoms with Crippen LogP contribution in [0.25, 0.3) is 0 Å². The van der Waals surface area contributed by atoms with Crippen molar-refractivity contribution >= 4 is 23.0 Å². The Bertz CT molecular complexity index is 1110. The van der Waals surface area contributed by atoms with Crippen LogP contribution in [0.5, 0.6) is 5.75 Å². The van der Waals surface area contributed by atoms with Gasteiger partial charge in [0, 0.05) is 36.6 Å². The second-order valence-corrected chi connectivity index (χ2v) is 7.34. The van der Waals surface area contributed by atoms with Crippen LogP contribution in [0.2, 0.25) is 0 Å². The summed E-state index contributed by atoms with van der Waals surface area (Å²) in [5, 5.41) is 13.9. The van der Waals surface area contributed by atoms with E-state index in [0.29, 0.717) is 17.9 Å². The first kappa shape index (κ1) is 25.3. The summed E-state index contributed by atoms with van der Waals surface area (Å²) in [5.41, 5.74) is 1.90. The third-order valence-electron chi connectivity index (χ3n) is 4.79. The monoisotopic (exact) mass is 489 g/mol. The van der Waals surface area contributed by atoms with Gasteiger partial charge in [0.25, 0.3) is 5.69 Å². The fraction of sp³-hybridized carbons (Fsp3) is 0.208. The number of ether oxygens (including phenoxy) is 2. The highest BCUT2D eigenvalue weighted by atomic mass is 19.4. The summed E-state index contributed by atoms with van der Waals surface area (Å²) in [6, 6.07) is 20.1. The van der Waals surface area contributed by atoms with Crippen LogP contribution in [-0.4, -0.2) is 36.9 Å². The molecule has 3 rings (SSSR count). The molecule has 184 valence electrons. The zero-order valence-corrected chi connectivity index (χ0v) is 18.4. The Morgan fingerprint density at radius 1 is 0.971 bits per heavy atom. The van der Waals surface area contributed by atoms with Crippen molar-refractivity contribution in [3.05, 3.63) is 94.5 Å². The number of carbonyl (C=O) groups is 1. The van der Waals surface area contributed by atoms with Crippen LogP contribution >= 0.6 is 0 Å². The van der Waals surface area contributed by atoms with E-state index < -0.39 is 17.3 Å². The van der Waals surface area contributed by atoms with E-state index in [9.17, 15) is 28.1 Å². The molecule has 3 aromatic carbocycles. The minimum absolute atomic E-state index is 0.0421. The first-order valence-corrected chi connectivity index (χ1v) is 10.5. The van der Waals surface area contributed by atoms with E-state index in [-0.39, 0.29) is 31.1 Å². The van der Waals surface area contributed by atoms with Gasteiger partial charge in [-0.25, -0.2) is 0 Å². The second kappa shape index (κ2) is 11.7. The maximum absolute atomic E-state index is 12.5. The van der Waals surface area contributed by atoms with E-state index in [1.165, 1.54) is 24.3 Å². The minimum Gasteiger partial charge on any atom is -0.459 e. The zero-order chi connectivity index (χ0) is 25.3. The lowest BCUT2D eigenvalue weighted by Crippen LogP contribution is -2.34. The molecule has 0 saturated heterocycles. The van der Waals surface area contributed by atoms with E-state index in [1.807, 2.05) is 30.3 Å². The number of anilines is 2. The highest BCUT2D eigenvalue weighted by Crippen LogP contribution is 2.25. The lowest BCUT2D eigenvalue weighted by Gasteiger charge is -2.24. The number of rotatable bonds is 11. The van der Waals surface area contributed by atoms with Crippen LogP contribution in [-0.2, 0) is 16.1 Å². The third-order valence-corrected chi connectivity index (χ3v) is 4.79. The molecule has 11 heteroatoms. The molecule has 35 heavy (non-hydrogen) atoms. The Morgan fingerprint density at radius 3 is 2.23 bits per heavy atom. The van der Waals surface area contributed by atoms with Crippen LogP contribution in [0.15, 0.2) is 78.9 Å². The number of alkyl halides is 3. The molecule has 1 N–H and O–H groups in total. The molecule has 0 saturated carbocycles. The Kier molecular flexibility index (Phi) is 8.49. The summed E-state index contributed by atoms with van der Waals surface area (Å²) >= 11 is 0. The average Bonchev–Trinajstić information content (AvgIpc) is 2.82. The average molecular weight is 489 g/mol. The summed E-state index contributed by atoms with van der Waals surface area (Å²) in [7, 11) is 0. The van der Waals surface area contributed by atoms with Gasteiger partial charge in [0.05, 0.1) is 4.92 Å². The Morgan fingerprint density at radius 2 is 1.63 bits per heavy atom. The minimum atomic E-state index is -4.81. The zero-order valence-electron chi connectivity index (χ0n) is 18.4. The normalized spacial score (nSPS) is 10.9. The van der Waals surface area contributed by atoms with Crippen LogP contribution in [0.4, 0.5) is 30.2 Å². The van der Waals surface area contributed by atoms with Gasteiger partial charge < -0.3 is 19.7 Å². The van der Waals surface area contributed by atoms with Crippen molar-refractivity contribution < 1.29 is 32.4 Å². The van der Waals surface area contributed by atoms with E-state index in [0.717, 1.165) is 17.7 Å². The number of benzene rings is 3. The van der Waals surface area contributed by atoms with Gasteiger partial charge in [0.15, 0.2) is 0 Å². The SMILES string of the molecule is O=C(CN(CCNc1ccc([N+](=O)[O-])cc1)c1ccc(OC(F)(F)F)cc1)OCc1ccccc1. The molecule has 0 aliphatic carbocycles. The molecule has 0 heterocycles. The topological polar surface area (TPSA) is 93.9 Å². The van der Waals surface area contributed by atoms with Crippen molar-refractivity contribution in [3.8, 4) is 5.75 Å². The molecule has 0 bridgehead atoms. The van der Waals surface area contributed by atoms with Gasteiger partial charge in [-0.2, -0.15) is 0 Å². The third kappa shape index (κ3) is 8.54. The van der Waals surface area contributed by atoms with Crippen molar-refractivity contribution in [2.24, 2.45) is 0 Å². The molecule has 0 aliphatic heterocycles. The lowest BCUT2D eigenvalue weighted by molar-refractivity contribution is -0.384. The molecule has 0 aliphatic rings. The molecule has 0 fully saturated rings. The van der Waals surface area contributed by atoms with Gasteiger partial charge in [0.1, 0.15) is 18.9 Å². The number of halogens is 3. The summed E-state index contributed by atoms with van der Waals surface area (Å²) in [4.78, 5) is 24.4. The number of esters is 1. The van der Waals surface area contributed by atoms with Crippen LogP contribution < -0.4 is 15.0 Å². The van der Waals surface area contributed by atoms with Crippen LogP contribution in [0, 0.1) is 10.1 Å². The highest BCUT2D eigenvalue weighted by Gasteiger charge is 2.31. The number of non-ortho nitro benzene ring substituents is 1.